The van der Waals surface area contributed by atoms with Gasteiger partial charge in [-0.3, -0.25) is 4.90 Å². The van der Waals surface area contributed by atoms with Gasteiger partial charge in [0, 0.05) is 42.7 Å². The Morgan fingerprint density at radius 3 is 2.78 bits per heavy atom. The third-order valence-electron chi connectivity index (χ3n) is 8.25. The molecule has 0 saturated carbocycles. The molecule has 8 nitrogen and oxygen atoms in total. The summed E-state index contributed by atoms with van der Waals surface area (Å²) in [6.45, 7) is 6.38. The van der Waals surface area contributed by atoms with Crippen molar-refractivity contribution in [1.82, 2.24) is 14.5 Å². The molecule has 2 aromatic carbocycles. The molecule has 216 valence electrons. The number of halogens is 2. The van der Waals surface area contributed by atoms with Gasteiger partial charge in [-0.15, -0.1) is 0 Å². The molecule has 41 heavy (non-hydrogen) atoms. The van der Waals surface area contributed by atoms with Gasteiger partial charge in [0.15, 0.2) is 11.5 Å². The molecule has 1 aromatic heterocycles. The van der Waals surface area contributed by atoms with Crippen molar-refractivity contribution in [3.63, 3.8) is 0 Å². The second-order valence-electron chi connectivity index (χ2n) is 11.1. The van der Waals surface area contributed by atoms with Gasteiger partial charge in [0.25, 0.3) is 5.79 Å². The van der Waals surface area contributed by atoms with Crippen molar-refractivity contribution in [2.75, 3.05) is 26.3 Å². The van der Waals surface area contributed by atoms with Crippen molar-refractivity contribution in [3.05, 3.63) is 82.2 Å². The van der Waals surface area contributed by atoms with Crippen LogP contribution in [-0.2, 0) is 28.4 Å². The molecule has 3 aliphatic heterocycles. The predicted octanol–water partition coefficient (Wildman–Crippen LogP) is 5.83. The fraction of sp³-hybridized carbons (Fsp3) is 0.419. The molecule has 1 N–H and O–H groups in total. The number of carboxylic acid groups (broad SMARTS) is 1. The zero-order valence-electron chi connectivity index (χ0n) is 22.9. The van der Waals surface area contributed by atoms with Crippen LogP contribution >= 0.6 is 11.6 Å². The van der Waals surface area contributed by atoms with E-state index in [4.69, 9.17) is 30.9 Å². The second-order valence-corrected chi connectivity index (χ2v) is 11.5. The Balaban J connectivity index is 1.14. The Kier molecular flexibility index (Phi) is 7.76. The van der Waals surface area contributed by atoms with Crippen LogP contribution in [0.1, 0.15) is 54.7 Å². The number of nitrogens with zero attached hydrogens (tertiary/aromatic N) is 3. The van der Waals surface area contributed by atoms with Crippen LogP contribution in [0.2, 0.25) is 5.02 Å². The minimum absolute atomic E-state index is 0.270. The number of imidazole rings is 1. The van der Waals surface area contributed by atoms with Crippen LogP contribution < -0.4 is 9.47 Å². The van der Waals surface area contributed by atoms with Crippen LogP contribution in [0, 0.1) is 11.7 Å². The van der Waals surface area contributed by atoms with Crippen molar-refractivity contribution >= 4 is 23.6 Å². The fourth-order valence-corrected chi connectivity index (χ4v) is 6.24. The molecule has 0 unspecified atom stereocenters. The summed E-state index contributed by atoms with van der Waals surface area (Å²) in [5.41, 5.74) is 2.17. The Bertz CT molecular complexity index is 1460. The van der Waals surface area contributed by atoms with Crippen molar-refractivity contribution in [2.24, 2.45) is 5.92 Å². The van der Waals surface area contributed by atoms with E-state index >= 15 is 0 Å². The minimum Gasteiger partial charge on any atom is -0.478 e. The lowest BCUT2D eigenvalue weighted by atomic mass is 9.88. The Hall–Kier alpha value is -3.40. The summed E-state index contributed by atoms with van der Waals surface area (Å²) in [6, 6.07) is 10.4. The Morgan fingerprint density at radius 1 is 1.22 bits per heavy atom. The molecule has 2 saturated heterocycles. The molecule has 2 fully saturated rings. The van der Waals surface area contributed by atoms with Crippen LogP contribution in [0.3, 0.4) is 0 Å². The summed E-state index contributed by atoms with van der Waals surface area (Å²) < 4.78 is 35.0. The van der Waals surface area contributed by atoms with E-state index in [2.05, 4.69) is 20.5 Å². The number of para-hydroxylation sites is 1. The summed E-state index contributed by atoms with van der Waals surface area (Å²) in [5.74, 6) is 0.148. The summed E-state index contributed by atoms with van der Waals surface area (Å²) in [7, 11) is 0. The van der Waals surface area contributed by atoms with Gasteiger partial charge in [0.2, 0.25) is 0 Å². The Labute approximate surface area is 243 Å². The number of benzene rings is 2. The largest absolute Gasteiger partial charge is 0.478 e. The monoisotopic (exact) mass is 581 g/mol. The molecular formula is C31H33ClFN3O5. The number of carbonyl (C=O) groups is 1. The lowest BCUT2D eigenvalue weighted by Crippen LogP contribution is -2.34. The molecule has 0 aliphatic carbocycles. The normalized spacial score (nSPS) is 23.0. The summed E-state index contributed by atoms with van der Waals surface area (Å²) in [5, 5.41) is 9.44. The molecule has 0 amide bonds. The zero-order chi connectivity index (χ0) is 28.6. The maximum atomic E-state index is 14.8. The number of rotatable bonds is 8. The van der Waals surface area contributed by atoms with Gasteiger partial charge in [-0.1, -0.05) is 23.7 Å². The number of fused-ring (bicyclic) bond motifs is 1. The topological polar surface area (TPSA) is 86.1 Å². The average molecular weight is 582 g/mol. The van der Waals surface area contributed by atoms with Crippen LogP contribution in [0.15, 0.2) is 48.7 Å². The number of hydrogen-bond acceptors (Lipinski definition) is 6. The number of aromatic nitrogens is 2. The molecule has 3 aliphatic rings. The number of aliphatic carboxylic acids is 1. The van der Waals surface area contributed by atoms with Crippen LogP contribution in [0.5, 0.6) is 11.5 Å². The van der Waals surface area contributed by atoms with Crippen molar-refractivity contribution in [1.29, 1.82) is 0 Å². The van der Waals surface area contributed by atoms with Gasteiger partial charge in [-0.2, -0.15) is 0 Å². The SMILES string of the molecule is C[C@]1(c2ccc(Cl)cc2F)Oc2cccc(C3CCN(Cc4ncc(/C=C/C(=O)O)n4C[C@H]4CCOC4)CC3)c2O1. The first-order valence-corrected chi connectivity index (χ1v) is 14.4. The first-order valence-electron chi connectivity index (χ1n) is 14.0. The van der Waals surface area contributed by atoms with E-state index in [1.54, 1.807) is 31.3 Å². The highest BCUT2D eigenvalue weighted by Gasteiger charge is 2.43. The van der Waals surface area contributed by atoms with E-state index in [1.165, 1.54) is 6.07 Å². The number of hydrogen-bond donors (Lipinski definition) is 1. The lowest BCUT2D eigenvalue weighted by molar-refractivity contribution is -0.131. The summed E-state index contributed by atoms with van der Waals surface area (Å²) in [6.07, 6.45) is 7.36. The number of carboxylic acids is 1. The predicted molar refractivity (Wildman–Crippen MR) is 152 cm³/mol. The minimum atomic E-state index is -1.28. The highest BCUT2D eigenvalue weighted by Crippen LogP contribution is 2.49. The van der Waals surface area contributed by atoms with Gasteiger partial charge in [-0.05, 0) is 68.6 Å². The van der Waals surface area contributed by atoms with Gasteiger partial charge in [0.05, 0.1) is 30.6 Å². The second kappa shape index (κ2) is 11.5. The van der Waals surface area contributed by atoms with Crippen LogP contribution in [-0.4, -0.2) is 51.8 Å². The highest BCUT2D eigenvalue weighted by atomic mass is 35.5. The van der Waals surface area contributed by atoms with Crippen molar-refractivity contribution < 1.29 is 28.5 Å². The molecule has 2 atom stereocenters. The van der Waals surface area contributed by atoms with Crippen LogP contribution in [0.25, 0.3) is 6.08 Å². The molecule has 6 rings (SSSR count). The fourth-order valence-electron chi connectivity index (χ4n) is 6.08. The van der Waals surface area contributed by atoms with Crippen LogP contribution in [0.4, 0.5) is 4.39 Å². The Morgan fingerprint density at radius 2 is 2.05 bits per heavy atom. The van der Waals surface area contributed by atoms with Crippen molar-refractivity contribution in [2.45, 2.75) is 51.0 Å². The molecule has 4 heterocycles. The van der Waals surface area contributed by atoms with Crippen molar-refractivity contribution in [3.8, 4) is 11.5 Å². The third-order valence-corrected chi connectivity index (χ3v) is 8.49. The number of likely N-dealkylation sites (tertiary alicyclic amines) is 1. The smallest absolute Gasteiger partial charge is 0.328 e. The van der Waals surface area contributed by atoms with E-state index in [0.29, 0.717) is 41.2 Å². The van der Waals surface area contributed by atoms with E-state index in [9.17, 15) is 9.18 Å². The first kappa shape index (κ1) is 27.8. The van der Waals surface area contributed by atoms with Gasteiger partial charge < -0.3 is 23.9 Å². The highest BCUT2D eigenvalue weighted by molar-refractivity contribution is 6.30. The molecular weight excluding hydrogens is 549 g/mol. The number of piperidine rings is 1. The maximum Gasteiger partial charge on any atom is 0.328 e. The average Bonchev–Trinajstić information content (AvgIpc) is 3.67. The van der Waals surface area contributed by atoms with Gasteiger partial charge >= 0.3 is 5.97 Å². The van der Waals surface area contributed by atoms with Gasteiger partial charge in [-0.25, -0.2) is 14.2 Å². The zero-order valence-corrected chi connectivity index (χ0v) is 23.6. The molecule has 10 heteroatoms. The molecule has 0 bridgehead atoms. The molecule has 0 spiro atoms. The van der Waals surface area contributed by atoms with Gasteiger partial charge in [0.1, 0.15) is 11.6 Å². The first-order chi connectivity index (χ1) is 19.8. The van der Waals surface area contributed by atoms with E-state index in [0.717, 1.165) is 68.7 Å². The van der Waals surface area contributed by atoms with E-state index in [1.807, 2.05) is 12.1 Å². The molecule has 0 radical (unpaired) electrons. The lowest BCUT2D eigenvalue weighted by Gasteiger charge is -2.32. The quantitative estimate of drug-likeness (QED) is 0.335. The summed E-state index contributed by atoms with van der Waals surface area (Å²) in [4.78, 5) is 18.2. The molecule has 3 aromatic rings. The van der Waals surface area contributed by atoms with E-state index in [-0.39, 0.29) is 5.92 Å². The van der Waals surface area contributed by atoms with E-state index < -0.39 is 17.6 Å². The number of ether oxygens (including phenoxy) is 3. The summed E-state index contributed by atoms with van der Waals surface area (Å²) >= 11 is 5.96. The third kappa shape index (κ3) is 5.84. The standard InChI is InChI=1S/C31H33ClFN3O5/c1-31(25-7-5-22(32)15-26(25)33)40-27-4-2-3-24(30(27)41-31)21-9-12-35(13-10-21)18-28-34-16-23(6-8-29(37)38)36(28)17-20-11-14-39-19-20/h2-8,15-16,20-21H,9-14,17-19H2,1H3,(H,37,38)/b8-6+/t20-,31+/m1/s1. The maximum absolute atomic E-state index is 14.8.